The first kappa shape index (κ1) is 23.4. The fourth-order valence-electron chi connectivity index (χ4n) is 2.38. The van der Waals surface area contributed by atoms with Gasteiger partial charge in [-0.2, -0.15) is 13.2 Å². The van der Waals surface area contributed by atoms with Gasteiger partial charge in [0.1, 0.15) is 11.7 Å². The maximum Gasteiger partial charge on any atom is 0.416 e. The molecule has 10 heteroatoms. The summed E-state index contributed by atoms with van der Waals surface area (Å²) in [6.07, 6.45) is -6.08. The first-order chi connectivity index (χ1) is 12.6. The van der Waals surface area contributed by atoms with Gasteiger partial charge in [-0.15, -0.1) is 12.4 Å². The van der Waals surface area contributed by atoms with Gasteiger partial charge < -0.3 is 15.8 Å². The van der Waals surface area contributed by atoms with Crippen molar-refractivity contribution in [2.45, 2.75) is 18.8 Å². The zero-order valence-electron chi connectivity index (χ0n) is 14.6. The molecule has 152 valence electrons. The van der Waals surface area contributed by atoms with Crippen LogP contribution in [0.4, 0.5) is 17.6 Å². The highest BCUT2D eigenvalue weighted by Gasteiger charge is 2.32. The second-order valence-corrected chi connectivity index (χ2v) is 5.68. The summed E-state index contributed by atoms with van der Waals surface area (Å²) >= 11 is 0. The lowest BCUT2D eigenvalue weighted by Gasteiger charge is -2.17. The highest BCUT2D eigenvalue weighted by molar-refractivity contribution is 5.94. The highest BCUT2D eigenvalue weighted by Crippen LogP contribution is 2.32. The molecule has 2 rings (SSSR count). The average molecular weight is 420 g/mol. The summed E-state index contributed by atoms with van der Waals surface area (Å²) in [6.45, 7) is 0.0825. The van der Waals surface area contributed by atoms with Crippen molar-refractivity contribution >= 4 is 24.1 Å². The number of hydrogen-bond donors (Lipinski definition) is 3. The number of hydrogen-bond acceptors (Lipinski definition) is 3. The van der Waals surface area contributed by atoms with E-state index in [0.717, 1.165) is 13.2 Å². The quantitative estimate of drug-likeness (QED) is 0.380. The number of ether oxygens (including phenoxy) is 1. The Bertz CT molecular complexity index is 842. The summed E-state index contributed by atoms with van der Waals surface area (Å²) in [6, 6.07) is 8.41. The topological polar surface area (TPSA) is 88.2 Å². The Labute approximate surface area is 164 Å². The molecule has 0 aromatic heterocycles. The van der Waals surface area contributed by atoms with E-state index in [0.29, 0.717) is 23.3 Å². The van der Waals surface area contributed by atoms with Crippen molar-refractivity contribution in [2.24, 2.45) is 5.73 Å². The minimum Gasteiger partial charge on any atom is -0.384 e. The number of carbonyl (C=O) groups excluding carboxylic acids is 1. The number of rotatable bonds is 6. The molecule has 0 aliphatic rings. The monoisotopic (exact) mass is 419 g/mol. The molecule has 28 heavy (non-hydrogen) atoms. The molecule has 0 bridgehead atoms. The van der Waals surface area contributed by atoms with Crippen molar-refractivity contribution in [3.63, 3.8) is 0 Å². The molecule has 2 aromatic carbocycles. The van der Waals surface area contributed by atoms with Crippen molar-refractivity contribution in [1.29, 1.82) is 5.41 Å². The largest absolute Gasteiger partial charge is 0.416 e. The Morgan fingerprint density at radius 3 is 2.29 bits per heavy atom. The Morgan fingerprint density at radius 1 is 1.21 bits per heavy atom. The van der Waals surface area contributed by atoms with E-state index in [1.807, 2.05) is 0 Å². The van der Waals surface area contributed by atoms with Crippen molar-refractivity contribution < 1.29 is 27.1 Å². The second kappa shape index (κ2) is 9.52. The molecule has 0 unspecified atom stereocenters. The molecule has 0 aliphatic heterocycles. The van der Waals surface area contributed by atoms with Crippen molar-refractivity contribution in [3.05, 3.63) is 70.5 Å². The van der Waals surface area contributed by atoms with Crippen molar-refractivity contribution in [3.8, 4) is 0 Å². The molecule has 2 aromatic rings. The van der Waals surface area contributed by atoms with Crippen LogP contribution in [0.15, 0.2) is 42.5 Å². The Hall–Kier alpha value is -2.65. The van der Waals surface area contributed by atoms with Crippen LogP contribution >= 0.6 is 12.4 Å². The van der Waals surface area contributed by atoms with E-state index in [4.69, 9.17) is 15.9 Å². The number of methoxy groups -OCH3 is 1. The van der Waals surface area contributed by atoms with Gasteiger partial charge in [0.25, 0.3) is 5.91 Å². The number of nitrogen functional groups attached to an aromatic ring is 1. The normalized spacial score (nSPS) is 12.0. The minimum absolute atomic E-state index is 0. The van der Waals surface area contributed by atoms with Gasteiger partial charge in [-0.25, -0.2) is 4.39 Å². The molecule has 1 atom stereocenters. The zero-order chi connectivity index (χ0) is 20.2. The lowest BCUT2D eigenvalue weighted by molar-refractivity contribution is -0.137. The maximum atomic E-state index is 14.1. The van der Waals surface area contributed by atoms with E-state index in [-0.39, 0.29) is 30.4 Å². The SMILES string of the molecule is CO[C@H](C(=O)NCc1ccc(C(=N)N)cc1)c1ccc(C(F)(F)F)cc1F.Cl. The van der Waals surface area contributed by atoms with Gasteiger partial charge in [0, 0.05) is 24.8 Å². The third-order valence-electron chi connectivity index (χ3n) is 3.82. The summed E-state index contributed by atoms with van der Waals surface area (Å²) in [5.41, 5.74) is 5.12. The lowest BCUT2D eigenvalue weighted by Crippen LogP contribution is -2.30. The molecular weight excluding hydrogens is 402 g/mol. The summed E-state index contributed by atoms with van der Waals surface area (Å²) in [4.78, 5) is 12.3. The van der Waals surface area contributed by atoms with Crippen LogP contribution in [0.1, 0.15) is 28.4 Å². The van der Waals surface area contributed by atoms with Gasteiger partial charge in [-0.05, 0) is 17.7 Å². The Morgan fingerprint density at radius 2 is 1.82 bits per heavy atom. The number of benzene rings is 2. The average Bonchev–Trinajstić information content (AvgIpc) is 2.61. The van der Waals surface area contributed by atoms with Gasteiger partial charge >= 0.3 is 6.18 Å². The van der Waals surface area contributed by atoms with Crippen LogP contribution in [-0.2, 0) is 22.3 Å². The van der Waals surface area contributed by atoms with Gasteiger partial charge in [0.15, 0.2) is 6.10 Å². The van der Waals surface area contributed by atoms with E-state index in [9.17, 15) is 22.4 Å². The smallest absolute Gasteiger partial charge is 0.384 e. The van der Waals surface area contributed by atoms with Crippen molar-refractivity contribution in [2.75, 3.05) is 7.11 Å². The Balaban J connectivity index is 0.00000392. The molecule has 0 saturated carbocycles. The van der Waals surface area contributed by atoms with Gasteiger partial charge in [0.05, 0.1) is 5.56 Å². The van der Waals surface area contributed by atoms with Crippen molar-refractivity contribution in [1.82, 2.24) is 5.32 Å². The van der Waals surface area contributed by atoms with Crippen LogP contribution in [0.5, 0.6) is 0 Å². The molecule has 5 nitrogen and oxygen atoms in total. The number of nitrogens with two attached hydrogens (primary N) is 1. The fourth-order valence-corrected chi connectivity index (χ4v) is 2.38. The predicted molar refractivity (Wildman–Crippen MR) is 97.7 cm³/mol. The number of amides is 1. The molecule has 4 N–H and O–H groups in total. The van der Waals surface area contributed by atoms with E-state index in [1.165, 1.54) is 0 Å². The summed E-state index contributed by atoms with van der Waals surface area (Å²) in [7, 11) is 1.16. The minimum atomic E-state index is -4.68. The molecule has 0 fully saturated rings. The summed E-state index contributed by atoms with van der Waals surface area (Å²) < 4.78 is 56.9. The molecule has 0 aliphatic carbocycles. The van der Waals surface area contributed by atoms with E-state index in [1.54, 1.807) is 24.3 Å². The third-order valence-corrected chi connectivity index (χ3v) is 3.82. The van der Waals surface area contributed by atoms with Crippen LogP contribution < -0.4 is 11.1 Å². The summed E-state index contributed by atoms with van der Waals surface area (Å²) in [5, 5.41) is 9.84. The van der Waals surface area contributed by atoms with E-state index < -0.39 is 29.6 Å². The first-order valence-corrected chi connectivity index (χ1v) is 7.74. The molecule has 0 radical (unpaired) electrons. The number of amidine groups is 1. The number of carbonyl (C=O) groups is 1. The number of alkyl halides is 3. The van der Waals surface area contributed by atoms with Crippen LogP contribution in [-0.4, -0.2) is 18.9 Å². The van der Waals surface area contributed by atoms with Crippen LogP contribution in [0.3, 0.4) is 0 Å². The molecule has 0 heterocycles. The summed E-state index contributed by atoms with van der Waals surface area (Å²) in [5.74, 6) is -1.98. The number of nitrogens with one attached hydrogen (secondary N) is 2. The molecule has 0 spiro atoms. The maximum absolute atomic E-state index is 14.1. The van der Waals surface area contributed by atoms with Gasteiger partial charge in [-0.1, -0.05) is 30.3 Å². The number of halogens is 5. The Kier molecular flexibility index (Phi) is 7.95. The van der Waals surface area contributed by atoms with Crippen LogP contribution in [0, 0.1) is 11.2 Å². The second-order valence-electron chi connectivity index (χ2n) is 5.68. The lowest BCUT2D eigenvalue weighted by atomic mass is 10.0. The molecular formula is C18H18ClF4N3O2. The van der Waals surface area contributed by atoms with Gasteiger partial charge in [0.2, 0.25) is 0 Å². The van der Waals surface area contributed by atoms with E-state index in [2.05, 4.69) is 5.32 Å². The first-order valence-electron chi connectivity index (χ1n) is 7.74. The molecule has 1 amide bonds. The molecule has 0 saturated heterocycles. The zero-order valence-corrected chi connectivity index (χ0v) is 15.5. The fraction of sp³-hybridized carbons (Fsp3) is 0.222. The van der Waals surface area contributed by atoms with Crippen LogP contribution in [0.2, 0.25) is 0 Å². The highest BCUT2D eigenvalue weighted by atomic mass is 35.5. The standard InChI is InChI=1S/C18H17F4N3O2.ClH/c1-27-15(13-7-6-12(8-14(13)19)18(20,21)22)17(26)25-9-10-2-4-11(5-3-10)16(23)24;/h2-8,15H,9H2,1H3,(H3,23,24)(H,25,26);1H/t15-;/m0./s1. The third kappa shape index (κ3) is 5.67. The van der Waals surface area contributed by atoms with Crippen LogP contribution in [0.25, 0.3) is 0 Å². The van der Waals surface area contributed by atoms with Gasteiger partial charge in [-0.3, -0.25) is 10.2 Å². The van der Waals surface area contributed by atoms with E-state index >= 15 is 0 Å². The predicted octanol–water partition coefficient (Wildman–Crippen LogP) is 3.55.